The fourth-order valence-electron chi connectivity index (χ4n) is 1.77. The number of ether oxygens (including phenoxy) is 2. The van der Waals surface area contributed by atoms with Crippen molar-refractivity contribution in [3.8, 4) is 5.88 Å². The molecule has 0 saturated carbocycles. The summed E-state index contributed by atoms with van der Waals surface area (Å²) >= 11 is 5.91. The van der Waals surface area contributed by atoms with Crippen LogP contribution in [-0.2, 0) is 4.74 Å². The van der Waals surface area contributed by atoms with E-state index in [-0.39, 0.29) is 11.1 Å². The van der Waals surface area contributed by atoms with Gasteiger partial charge in [0.05, 0.1) is 6.61 Å². The molecule has 8 heteroatoms. The molecule has 2 heterocycles. The summed E-state index contributed by atoms with van der Waals surface area (Å²) in [6.07, 6.45) is 1.58. The molecule has 7 nitrogen and oxygen atoms in total. The van der Waals surface area contributed by atoms with Gasteiger partial charge < -0.3 is 20.1 Å². The molecule has 0 aromatic carbocycles. The molecule has 0 bridgehead atoms. The molecule has 2 N–H and O–H groups in total. The lowest BCUT2D eigenvalue weighted by atomic mass is 10.2. The number of rotatable bonds is 7. The number of hydrogen-bond donors (Lipinski definition) is 2. The fourth-order valence-corrected chi connectivity index (χ4v) is 1.98. The van der Waals surface area contributed by atoms with Crippen LogP contribution in [0, 0.1) is 0 Å². The third-order valence-corrected chi connectivity index (χ3v) is 3.05. The highest BCUT2D eigenvalue weighted by Gasteiger charge is 2.13. The topological polar surface area (TPSA) is 85.4 Å². The van der Waals surface area contributed by atoms with Gasteiger partial charge in [0.15, 0.2) is 0 Å². The van der Waals surface area contributed by atoms with Crippen molar-refractivity contribution >= 4 is 29.0 Å². The summed E-state index contributed by atoms with van der Waals surface area (Å²) in [6.45, 7) is 0.761. The van der Waals surface area contributed by atoms with E-state index in [9.17, 15) is 4.79 Å². The summed E-state index contributed by atoms with van der Waals surface area (Å²) in [5.74, 6) is 0.493. The Kier molecular flexibility index (Phi) is 6.13. The van der Waals surface area contributed by atoms with Gasteiger partial charge in [-0.05, 0) is 24.3 Å². The van der Waals surface area contributed by atoms with E-state index in [1.54, 1.807) is 38.6 Å². The normalized spacial score (nSPS) is 10.2. The predicted molar refractivity (Wildman–Crippen MR) is 88.4 cm³/mol. The Labute approximate surface area is 139 Å². The largest absolute Gasteiger partial charge is 0.474 e. The molecule has 0 fully saturated rings. The molecule has 2 aromatic rings. The first-order chi connectivity index (χ1) is 11.1. The van der Waals surface area contributed by atoms with Crippen molar-refractivity contribution in [2.75, 3.05) is 38.0 Å². The quantitative estimate of drug-likeness (QED) is 0.596. The average molecular weight is 337 g/mol. The minimum Gasteiger partial charge on any atom is -0.474 e. The SMILES string of the molecule is CNc1cc(C(=O)Nc2cccnc2OCCOC)cc(Cl)n1. The average Bonchev–Trinajstić information content (AvgIpc) is 2.56. The molecule has 0 saturated heterocycles. The summed E-state index contributed by atoms with van der Waals surface area (Å²) in [5, 5.41) is 5.82. The van der Waals surface area contributed by atoms with Gasteiger partial charge in [-0.3, -0.25) is 4.79 Å². The highest BCUT2D eigenvalue weighted by Crippen LogP contribution is 2.22. The molecule has 0 unspecified atom stereocenters. The van der Waals surface area contributed by atoms with Gasteiger partial charge in [0.1, 0.15) is 23.3 Å². The van der Waals surface area contributed by atoms with Crippen LogP contribution < -0.4 is 15.4 Å². The first-order valence-electron chi connectivity index (χ1n) is 6.87. The molecule has 0 aliphatic carbocycles. The predicted octanol–water partition coefficient (Wildman–Crippen LogP) is 2.45. The van der Waals surface area contributed by atoms with Gasteiger partial charge in [-0.15, -0.1) is 0 Å². The third-order valence-electron chi connectivity index (χ3n) is 2.86. The number of carbonyl (C=O) groups is 1. The molecule has 0 aliphatic heterocycles. The Hall–Kier alpha value is -2.38. The molecule has 122 valence electrons. The maximum atomic E-state index is 12.4. The zero-order chi connectivity index (χ0) is 16.7. The number of anilines is 2. The molecule has 0 aliphatic rings. The van der Waals surface area contributed by atoms with Crippen molar-refractivity contribution in [1.82, 2.24) is 9.97 Å². The van der Waals surface area contributed by atoms with Gasteiger partial charge in [0.25, 0.3) is 5.91 Å². The van der Waals surface area contributed by atoms with Crippen LogP contribution in [0.5, 0.6) is 5.88 Å². The van der Waals surface area contributed by atoms with E-state index in [2.05, 4.69) is 20.6 Å². The third kappa shape index (κ3) is 4.80. The number of carbonyl (C=O) groups excluding carboxylic acids is 1. The number of nitrogens with one attached hydrogen (secondary N) is 2. The van der Waals surface area contributed by atoms with Crippen molar-refractivity contribution < 1.29 is 14.3 Å². The van der Waals surface area contributed by atoms with Crippen LogP contribution in [0.2, 0.25) is 5.15 Å². The highest BCUT2D eigenvalue weighted by atomic mass is 35.5. The first kappa shape index (κ1) is 17.0. The summed E-state index contributed by atoms with van der Waals surface area (Å²) < 4.78 is 10.4. The van der Waals surface area contributed by atoms with E-state index in [0.717, 1.165) is 0 Å². The molecule has 2 aromatic heterocycles. The van der Waals surface area contributed by atoms with Crippen LogP contribution >= 0.6 is 11.6 Å². The number of pyridine rings is 2. The Morgan fingerprint density at radius 1 is 1.35 bits per heavy atom. The van der Waals surface area contributed by atoms with Crippen LogP contribution in [0.3, 0.4) is 0 Å². The van der Waals surface area contributed by atoms with Crippen LogP contribution in [-0.4, -0.2) is 43.2 Å². The number of methoxy groups -OCH3 is 1. The van der Waals surface area contributed by atoms with Crippen molar-refractivity contribution in [3.05, 3.63) is 41.2 Å². The number of hydrogen-bond acceptors (Lipinski definition) is 6. The smallest absolute Gasteiger partial charge is 0.256 e. The Morgan fingerprint density at radius 3 is 2.91 bits per heavy atom. The lowest BCUT2D eigenvalue weighted by molar-refractivity contribution is 0.102. The highest BCUT2D eigenvalue weighted by molar-refractivity contribution is 6.30. The summed E-state index contributed by atoms with van der Waals surface area (Å²) in [5.41, 5.74) is 0.841. The standard InChI is InChI=1S/C15H17ClN4O3/c1-17-13-9-10(8-12(16)20-13)14(21)19-11-4-3-5-18-15(11)23-7-6-22-2/h3-5,8-9H,6-7H2,1-2H3,(H,17,20)(H,19,21). The van der Waals surface area contributed by atoms with Gasteiger partial charge in [-0.1, -0.05) is 11.6 Å². The lowest BCUT2D eigenvalue weighted by Crippen LogP contribution is -2.15. The Balaban J connectivity index is 2.15. The monoisotopic (exact) mass is 336 g/mol. The van der Waals surface area contributed by atoms with E-state index in [1.807, 2.05) is 0 Å². The lowest BCUT2D eigenvalue weighted by Gasteiger charge is -2.11. The number of amides is 1. The molecule has 0 radical (unpaired) electrons. The zero-order valence-electron chi connectivity index (χ0n) is 12.8. The van der Waals surface area contributed by atoms with Crippen LogP contribution in [0.1, 0.15) is 10.4 Å². The van der Waals surface area contributed by atoms with Crippen molar-refractivity contribution in [2.45, 2.75) is 0 Å². The van der Waals surface area contributed by atoms with Crippen molar-refractivity contribution in [1.29, 1.82) is 0 Å². The van der Waals surface area contributed by atoms with Crippen molar-refractivity contribution in [3.63, 3.8) is 0 Å². The molecule has 0 atom stereocenters. The fraction of sp³-hybridized carbons (Fsp3) is 0.267. The van der Waals surface area contributed by atoms with Gasteiger partial charge in [-0.2, -0.15) is 0 Å². The number of nitrogens with zero attached hydrogens (tertiary/aromatic N) is 2. The van der Waals surface area contributed by atoms with Crippen LogP contribution in [0.25, 0.3) is 0 Å². The molecular weight excluding hydrogens is 320 g/mol. The van der Waals surface area contributed by atoms with E-state index >= 15 is 0 Å². The second-order valence-electron chi connectivity index (χ2n) is 4.47. The number of halogens is 1. The molecule has 2 rings (SSSR count). The minimum absolute atomic E-state index is 0.227. The Morgan fingerprint density at radius 2 is 2.17 bits per heavy atom. The number of aromatic nitrogens is 2. The molecule has 0 spiro atoms. The Bertz CT molecular complexity index is 682. The zero-order valence-corrected chi connectivity index (χ0v) is 13.6. The van der Waals surface area contributed by atoms with E-state index in [4.69, 9.17) is 21.1 Å². The minimum atomic E-state index is -0.338. The van der Waals surface area contributed by atoms with Gasteiger partial charge >= 0.3 is 0 Å². The van der Waals surface area contributed by atoms with Gasteiger partial charge in [0.2, 0.25) is 5.88 Å². The van der Waals surface area contributed by atoms with E-state index in [1.165, 1.54) is 6.07 Å². The maximum absolute atomic E-state index is 12.4. The van der Waals surface area contributed by atoms with Gasteiger partial charge in [-0.25, -0.2) is 9.97 Å². The van der Waals surface area contributed by atoms with E-state index in [0.29, 0.717) is 36.2 Å². The van der Waals surface area contributed by atoms with Crippen LogP contribution in [0.4, 0.5) is 11.5 Å². The molecule has 23 heavy (non-hydrogen) atoms. The molecular formula is C15H17ClN4O3. The maximum Gasteiger partial charge on any atom is 0.256 e. The summed E-state index contributed by atoms with van der Waals surface area (Å²) in [4.78, 5) is 20.5. The van der Waals surface area contributed by atoms with Crippen molar-refractivity contribution in [2.24, 2.45) is 0 Å². The van der Waals surface area contributed by atoms with Gasteiger partial charge in [0, 0.05) is 25.9 Å². The first-order valence-corrected chi connectivity index (χ1v) is 7.25. The summed E-state index contributed by atoms with van der Waals surface area (Å²) in [7, 11) is 3.28. The van der Waals surface area contributed by atoms with Crippen LogP contribution in [0.15, 0.2) is 30.5 Å². The summed E-state index contributed by atoms with van der Waals surface area (Å²) in [6, 6.07) is 6.49. The second-order valence-corrected chi connectivity index (χ2v) is 4.85. The second kappa shape index (κ2) is 8.30. The molecule has 1 amide bonds. The van der Waals surface area contributed by atoms with E-state index < -0.39 is 0 Å².